The molecule has 3 nitrogen and oxygen atoms in total. The molecule has 0 amide bonds. The van der Waals surface area contributed by atoms with E-state index in [1.807, 2.05) is 24.4 Å². The predicted molar refractivity (Wildman–Crippen MR) is 77.0 cm³/mol. The van der Waals surface area contributed by atoms with Crippen LogP contribution in [0.25, 0.3) is 10.9 Å². The molecule has 2 unspecified atom stereocenters. The molecule has 1 aliphatic rings. The number of hydrogen-bond donors (Lipinski definition) is 1. The number of pyridine rings is 1. The molecule has 0 spiro atoms. The van der Waals surface area contributed by atoms with Crippen molar-refractivity contribution in [2.45, 2.75) is 37.8 Å². The molecule has 3 heteroatoms. The van der Waals surface area contributed by atoms with E-state index in [9.17, 15) is 0 Å². The van der Waals surface area contributed by atoms with E-state index in [1.54, 1.807) is 0 Å². The maximum Gasteiger partial charge on any atom is 0.0808 e. The minimum absolute atomic E-state index is 0.0285. The van der Waals surface area contributed by atoms with Crippen LogP contribution in [0.3, 0.4) is 0 Å². The van der Waals surface area contributed by atoms with Gasteiger partial charge in [-0.05, 0) is 43.9 Å². The van der Waals surface area contributed by atoms with Crippen molar-refractivity contribution in [3.05, 3.63) is 42.1 Å². The Morgan fingerprint density at radius 2 is 2.21 bits per heavy atom. The monoisotopic (exact) mass is 256 g/mol. The molecule has 2 heterocycles. The molecule has 0 radical (unpaired) electrons. The maximum atomic E-state index is 6.39. The minimum Gasteiger partial charge on any atom is -0.374 e. The van der Waals surface area contributed by atoms with Gasteiger partial charge in [-0.2, -0.15) is 0 Å². The van der Waals surface area contributed by atoms with Crippen molar-refractivity contribution >= 4 is 10.9 Å². The summed E-state index contributed by atoms with van der Waals surface area (Å²) in [4.78, 5) is 4.39. The van der Waals surface area contributed by atoms with E-state index in [4.69, 9.17) is 10.5 Å². The molecule has 3 rings (SSSR count). The highest BCUT2D eigenvalue weighted by molar-refractivity contribution is 5.81. The highest BCUT2D eigenvalue weighted by Crippen LogP contribution is 2.30. The molecule has 2 atom stereocenters. The Balaban J connectivity index is 1.89. The van der Waals surface area contributed by atoms with E-state index < -0.39 is 0 Å². The van der Waals surface area contributed by atoms with Crippen LogP contribution in [0.1, 0.15) is 25.3 Å². The predicted octanol–water partition coefficient (Wildman–Crippen LogP) is 2.67. The summed E-state index contributed by atoms with van der Waals surface area (Å²) in [7, 11) is 0. The van der Waals surface area contributed by atoms with Crippen LogP contribution in [0.5, 0.6) is 0 Å². The van der Waals surface area contributed by atoms with Crippen LogP contribution >= 0.6 is 0 Å². The molecular weight excluding hydrogens is 236 g/mol. The zero-order chi connectivity index (χ0) is 13.3. The average molecular weight is 256 g/mol. The number of benzene rings is 1. The van der Waals surface area contributed by atoms with Gasteiger partial charge < -0.3 is 10.5 Å². The number of ether oxygens (including phenoxy) is 1. The molecule has 1 aromatic heterocycles. The first-order valence-corrected chi connectivity index (χ1v) is 6.91. The zero-order valence-corrected chi connectivity index (χ0v) is 11.3. The van der Waals surface area contributed by atoms with Crippen LogP contribution < -0.4 is 5.73 Å². The van der Waals surface area contributed by atoms with Gasteiger partial charge in [0.2, 0.25) is 0 Å². The number of hydrogen-bond acceptors (Lipinski definition) is 3. The number of nitrogens with two attached hydrogens (primary N) is 1. The average Bonchev–Trinajstić information content (AvgIpc) is 2.87. The summed E-state index contributed by atoms with van der Waals surface area (Å²) in [6, 6.07) is 10.3. The van der Waals surface area contributed by atoms with E-state index in [0.717, 1.165) is 31.4 Å². The second-order valence-corrected chi connectivity index (χ2v) is 5.56. The Kier molecular flexibility index (Phi) is 3.25. The highest BCUT2D eigenvalue weighted by atomic mass is 16.5. The number of rotatable bonds is 3. The Morgan fingerprint density at radius 3 is 3.00 bits per heavy atom. The van der Waals surface area contributed by atoms with Gasteiger partial charge in [0.1, 0.15) is 0 Å². The Hall–Kier alpha value is -1.45. The summed E-state index contributed by atoms with van der Waals surface area (Å²) >= 11 is 0. The SMILES string of the molecule is CC1(C(N)Cc2ccnc3ccccc23)CCCO1. The highest BCUT2D eigenvalue weighted by Gasteiger charge is 2.36. The number of nitrogens with zero attached hydrogens (tertiary/aromatic N) is 1. The third-order valence-electron chi connectivity index (χ3n) is 4.21. The second kappa shape index (κ2) is 4.91. The van der Waals surface area contributed by atoms with Crippen LogP contribution in [0.15, 0.2) is 36.5 Å². The summed E-state index contributed by atoms with van der Waals surface area (Å²) in [6.45, 7) is 2.97. The maximum absolute atomic E-state index is 6.39. The van der Waals surface area contributed by atoms with Crippen molar-refractivity contribution in [3.63, 3.8) is 0 Å². The van der Waals surface area contributed by atoms with Gasteiger partial charge in [-0.15, -0.1) is 0 Å². The lowest BCUT2D eigenvalue weighted by Crippen LogP contribution is -2.46. The number of fused-ring (bicyclic) bond motifs is 1. The summed E-state index contributed by atoms with van der Waals surface area (Å²) in [5, 5.41) is 1.20. The Labute approximate surface area is 113 Å². The lowest BCUT2D eigenvalue weighted by Gasteiger charge is -2.30. The first kappa shape index (κ1) is 12.6. The minimum atomic E-state index is -0.176. The zero-order valence-electron chi connectivity index (χ0n) is 11.3. The molecule has 1 aliphatic heterocycles. The Morgan fingerprint density at radius 1 is 1.37 bits per heavy atom. The fraction of sp³-hybridized carbons (Fsp3) is 0.438. The topological polar surface area (TPSA) is 48.1 Å². The Bertz CT molecular complexity index is 570. The summed E-state index contributed by atoms with van der Waals surface area (Å²) in [6.07, 6.45) is 4.86. The largest absolute Gasteiger partial charge is 0.374 e. The molecule has 1 aromatic carbocycles. The van der Waals surface area contributed by atoms with E-state index >= 15 is 0 Å². The van der Waals surface area contributed by atoms with Gasteiger partial charge in [0, 0.05) is 24.2 Å². The molecule has 0 bridgehead atoms. The molecule has 2 N–H and O–H groups in total. The molecule has 1 saturated heterocycles. The number of para-hydroxylation sites is 1. The summed E-state index contributed by atoms with van der Waals surface area (Å²) in [5.74, 6) is 0. The smallest absolute Gasteiger partial charge is 0.0808 e. The van der Waals surface area contributed by atoms with Crippen LogP contribution in [-0.2, 0) is 11.2 Å². The van der Waals surface area contributed by atoms with Gasteiger partial charge in [-0.1, -0.05) is 18.2 Å². The second-order valence-electron chi connectivity index (χ2n) is 5.56. The van der Waals surface area contributed by atoms with Gasteiger partial charge in [0.05, 0.1) is 11.1 Å². The molecule has 0 aliphatic carbocycles. The molecule has 19 heavy (non-hydrogen) atoms. The van der Waals surface area contributed by atoms with Crippen LogP contribution in [0.2, 0.25) is 0 Å². The van der Waals surface area contributed by atoms with Crippen molar-refractivity contribution < 1.29 is 4.74 Å². The molecule has 0 saturated carbocycles. The van der Waals surface area contributed by atoms with Crippen molar-refractivity contribution in [2.75, 3.05) is 6.61 Å². The third-order valence-corrected chi connectivity index (χ3v) is 4.21. The fourth-order valence-corrected chi connectivity index (χ4v) is 2.88. The quantitative estimate of drug-likeness (QED) is 0.918. The lowest BCUT2D eigenvalue weighted by atomic mass is 9.88. The fourth-order valence-electron chi connectivity index (χ4n) is 2.88. The van der Waals surface area contributed by atoms with Gasteiger partial charge in [0.25, 0.3) is 0 Å². The van der Waals surface area contributed by atoms with Gasteiger partial charge in [-0.25, -0.2) is 0 Å². The van der Waals surface area contributed by atoms with Gasteiger partial charge >= 0.3 is 0 Å². The van der Waals surface area contributed by atoms with E-state index in [2.05, 4.69) is 24.0 Å². The molecule has 2 aromatic rings. The normalized spacial score (nSPS) is 24.7. The van der Waals surface area contributed by atoms with E-state index in [1.165, 1.54) is 10.9 Å². The van der Waals surface area contributed by atoms with Crippen molar-refractivity contribution in [2.24, 2.45) is 5.73 Å². The van der Waals surface area contributed by atoms with E-state index in [0.29, 0.717) is 0 Å². The first-order valence-electron chi connectivity index (χ1n) is 6.91. The van der Waals surface area contributed by atoms with Crippen molar-refractivity contribution in [1.82, 2.24) is 4.98 Å². The van der Waals surface area contributed by atoms with Crippen LogP contribution in [0, 0.1) is 0 Å². The van der Waals surface area contributed by atoms with Crippen molar-refractivity contribution in [3.8, 4) is 0 Å². The summed E-state index contributed by atoms with van der Waals surface area (Å²) in [5.41, 5.74) is 8.51. The van der Waals surface area contributed by atoms with Crippen LogP contribution in [-0.4, -0.2) is 23.2 Å². The third kappa shape index (κ3) is 2.36. The van der Waals surface area contributed by atoms with Gasteiger partial charge in [0.15, 0.2) is 0 Å². The van der Waals surface area contributed by atoms with Gasteiger partial charge in [-0.3, -0.25) is 4.98 Å². The lowest BCUT2D eigenvalue weighted by molar-refractivity contribution is -0.000831. The van der Waals surface area contributed by atoms with Crippen LogP contribution in [0.4, 0.5) is 0 Å². The summed E-state index contributed by atoms with van der Waals surface area (Å²) < 4.78 is 5.85. The molecule has 1 fully saturated rings. The molecular formula is C16H20N2O. The van der Waals surface area contributed by atoms with E-state index in [-0.39, 0.29) is 11.6 Å². The standard InChI is InChI=1S/C16H20N2O/c1-16(8-4-10-19-16)15(17)11-12-7-9-18-14-6-3-2-5-13(12)14/h2-3,5-7,9,15H,4,8,10-11,17H2,1H3. The number of aromatic nitrogens is 1. The first-order chi connectivity index (χ1) is 9.19. The van der Waals surface area contributed by atoms with Crippen molar-refractivity contribution in [1.29, 1.82) is 0 Å². The molecule has 100 valence electrons.